The fourth-order valence-electron chi connectivity index (χ4n) is 0.998. The van der Waals surface area contributed by atoms with Gasteiger partial charge in [0.2, 0.25) is 0 Å². The second kappa shape index (κ2) is 1.87. The minimum Gasteiger partial charge on any atom is -0.464 e. The summed E-state index contributed by atoms with van der Waals surface area (Å²) in [6.45, 7) is 5.58. The Hall–Kier alpha value is -1.24. The molecule has 0 aliphatic carbocycles. The van der Waals surface area contributed by atoms with E-state index in [1.807, 2.05) is 24.3 Å². The van der Waals surface area contributed by atoms with E-state index >= 15 is 0 Å². The zero-order valence-corrected chi connectivity index (χ0v) is 5.37. The molecule has 0 saturated carbocycles. The smallest absolute Gasteiger partial charge is 0.134 e. The van der Waals surface area contributed by atoms with Gasteiger partial charge in [0.15, 0.2) is 0 Å². The lowest BCUT2D eigenvalue weighted by Gasteiger charge is -1.84. The minimum atomic E-state index is 0.704. The van der Waals surface area contributed by atoms with E-state index in [0.717, 1.165) is 11.0 Å². The van der Waals surface area contributed by atoms with E-state index in [2.05, 4.69) is 0 Å². The van der Waals surface area contributed by atoms with E-state index in [0.29, 0.717) is 5.56 Å². The van der Waals surface area contributed by atoms with Gasteiger partial charge in [-0.1, -0.05) is 18.2 Å². The summed E-state index contributed by atoms with van der Waals surface area (Å²) < 4.78 is 5.12. The van der Waals surface area contributed by atoms with E-state index in [1.54, 1.807) is 6.26 Å². The standard InChI is InChI=1S/C9H6O/c1-7-6-10-9-5-3-2-4-8(7)9/h1-6H. The number of para-hydroxylation sites is 1. The molecular weight excluding hydrogens is 124 g/mol. The molecule has 0 N–H and O–H groups in total. The van der Waals surface area contributed by atoms with E-state index in [9.17, 15) is 0 Å². The van der Waals surface area contributed by atoms with Crippen molar-refractivity contribution >= 4 is 11.0 Å². The molecule has 1 aromatic carbocycles. The summed E-state index contributed by atoms with van der Waals surface area (Å²) in [5, 5.41) is 0.988. The lowest BCUT2D eigenvalue weighted by Crippen LogP contribution is -1.63. The number of rotatable bonds is 0. The van der Waals surface area contributed by atoms with Crippen molar-refractivity contribution in [2.24, 2.45) is 0 Å². The molecule has 1 aromatic heterocycles. The van der Waals surface area contributed by atoms with Crippen LogP contribution in [0.2, 0.25) is 0 Å². The van der Waals surface area contributed by atoms with Crippen LogP contribution in [0.3, 0.4) is 0 Å². The van der Waals surface area contributed by atoms with Crippen molar-refractivity contribution in [3.63, 3.8) is 0 Å². The molecule has 0 aliphatic rings. The van der Waals surface area contributed by atoms with Gasteiger partial charge in [0.05, 0.1) is 6.26 Å². The molecule has 2 rings (SSSR count). The maximum absolute atomic E-state index is 5.58. The van der Waals surface area contributed by atoms with Crippen LogP contribution in [0.1, 0.15) is 5.56 Å². The Morgan fingerprint density at radius 1 is 1.20 bits per heavy atom. The van der Waals surface area contributed by atoms with Gasteiger partial charge in [-0.25, -0.2) is 0 Å². The van der Waals surface area contributed by atoms with E-state index in [-0.39, 0.29) is 0 Å². The third-order valence-electron chi connectivity index (χ3n) is 1.51. The molecule has 0 fully saturated rings. The van der Waals surface area contributed by atoms with Crippen molar-refractivity contribution in [1.82, 2.24) is 0 Å². The van der Waals surface area contributed by atoms with Crippen molar-refractivity contribution in [1.29, 1.82) is 0 Å². The van der Waals surface area contributed by atoms with E-state index < -0.39 is 0 Å². The van der Waals surface area contributed by atoms with Crippen LogP contribution in [0.15, 0.2) is 34.9 Å². The van der Waals surface area contributed by atoms with Gasteiger partial charge >= 0.3 is 0 Å². The summed E-state index contributed by atoms with van der Waals surface area (Å²) >= 11 is 0. The first kappa shape index (κ1) is 5.54. The van der Waals surface area contributed by atoms with Crippen LogP contribution in [0.4, 0.5) is 0 Å². The van der Waals surface area contributed by atoms with Crippen molar-refractivity contribution < 1.29 is 4.42 Å². The second-order valence-corrected chi connectivity index (χ2v) is 2.19. The average molecular weight is 130 g/mol. The maximum atomic E-state index is 5.58. The van der Waals surface area contributed by atoms with Gasteiger partial charge in [-0.15, -0.1) is 0 Å². The van der Waals surface area contributed by atoms with Crippen molar-refractivity contribution in [2.45, 2.75) is 0 Å². The molecule has 1 heteroatoms. The van der Waals surface area contributed by atoms with Crippen LogP contribution in [0.25, 0.3) is 11.0 Å². The molecule has 48 valence electrons. The Morgan fingerprint density at radius 2 is 2.00 bits per heavy atom. The summed E-state index contributed by atoms with van der Waals surface area (Å²) in [7, 11) is 0. The third kappa shape index (κ3) is 0.637. The van der Waals surface area contributed by atoms with Crippen molar-refractivity contribution in [3.8, 4) is 0 Å². The number of hydrogen-bond acceptors (Lipinski definition) is 1. The van der Waals surface area contributed by atoms with Crippen molar-refractivity contribution in [2.75, 3.05) is 0 Å². The molecule has 2 aromatic rings. The SMILES string of the molecule is [CH]c1coc2ccccc12. The van der Waals surface area contributed by atoms with Crippen LogP contribution >= 0.6 is 0 Å². The topological polar surface area (TPSA) is 13.1 Å². The van der Waals surface area contributed by atoms with Crippen LogP contribution in [-0.4, -0.2) is 0 Å². The minimum absolute atomic E-state index is 0.704. The van der Waals surface area contributed by atoms with Gasteiger partial charge in [0, 0.05) is 17.9 Å². The highest BCUT2D eigenvalue weighted by molar-refractivity contribution is 5.81. The maximum Gasteiger partial charge on any atom is 0.134 e. The molecule has 1 nitrogen and oxygen atoms in total. The predicted molar refractivity (Wildman–Crippen MR) is 39.6 cm³/mol. The Bertz CT molecular complexity index is 346. The normalized spacial score (nSPS) is 10.5. The lowest BCUT2D eigenvalue weighted by molar-refractivity contribution is 0.614. The number of benzene rings is 1. The monoisotopic (exact) mass is 130 g/mol. The highest BCUT2D eigenvalue weighted by atomic mass is 16.3. The molecule has 10 heavy (non-hydrogen) atoms. The van der Waals surface area contributed by atoms with Crippen LogP contribution < -0.4 is 0 Å². The summed E-state index contributed by atoms with van der Waals surface area (Å²) in [6.07, 6.45) is 1.56. The fraction of sp³-hybridized carbons (Fsp3) is 0. The van der Waals surface area contributed by atoms with Crippen LogP contribution in [-0.2, 0) is 0 Å². The molecule has 0 bridgehead atoms. The highest BCUT2D eigenvalue weighted by Crippen LogP contribution is 2.18. The lowest BCUT2D eigenvalue weighted by atomic mass is 10.2. The third-order valence-corrected chi connectivity index (χ3v) is 1.51. The second-order valence-electron chi connectivity index (χ2n) is 2.19. The molecule has 0 amide bonds. The molecule has 1 heterocycles. The first-order chi connectivity index (χ1) is 4.88. The molecule has 0 saturated heterocycles. The summed E-state index contributed by atoms with van der Waals surface area (Å²) in [6, 6.07) is 7.69. The van der Waals surface area contributed by atoms with Gasteiger partial charge in [0.25, 0.3) is 0 Å². The van der Waals surface area contributed by atoms with E-state index in [1.165, 1.54) is 0 Å². The molecule has 0 unspecified atom stereocenters. The molecular formula is C9H6O. The van der Waals surface area contributed by atoms with E-state index in [4.69, 9.17) is 11.3 Å². The zero-order chi connectivity index (χ0) is 6.97. The van der Waals surface area contributed by atoms with Gasteiger partial charge in [-0.05, 0) is 6.07 Å². The highest BCUT2D eigenvalue weighted by Gasteiger charge is 1.97. The van der Waals surface area contributed by atoms with Crippen LogP contribution in [0.5, 0.6) is 0 Å². The Balaban J connectivity index is 2.93. The predicted octanol–water partition coefficient (Wildman–Crippen LogP) is 2.49. The molecule has 0 aliphatic heterocycles. The van der Waals surface area contributed by atoms with Gasteiger partial charge in [-0.3, -0.25) is 0 Å². The summed E-state index contributed by atoms with van der Waals surface area (Å²) in [5.41, 5.74) is 1.55. The quantitative estimate of drug-likeness (QED) is 0.534. The first-order valence-corrected chi connectivity index (χ1v) is 3.09. The van der Waals surface area contributed by atoms with Gasteiger partial charge in [-0.2, -0.15) is 0 Å². The largest absolute Gasteiger partial charge is 0.464 e. The first-order valence-electron chi connectivity index (χ1n) is 3.09. The average Bonchev–Trinajstić information content (AvgIpc) is 2.34. The van der Waals surface area contributed by atoms with Crippen LogP contribution in [0, 0.1) is 6.92 Å². The van der Waals surface area contributed by atoms with Gasteiger partial charge < -0.3 is 4.42 Å². The number of fused-ring (bicyclic) bond motifs is 1. The van der Waals surface area contributed by atoms with Crippen molar-refractivity contribution in [3.05, 3.63) is 43.0 Å². The summed E-state index contributed by atoms with van der Waals surface area (Å²) in [5.74, 6) is 0. The zero-order valence-electron chi connectivity index (χ0n) is 5.37. The Morgan fingerprint density at radius 3 is 2.80 bits per heavy atom. The number of furan rings is 1. The Labute approximate surface area is 59.3 Å². The number of hydrogen-bond donors (Lipinski definition) is 0. The molecule has 2 radical (unpaired) electrons. The molecule has 0 atom stereocenters. The summed E-state index contributed by atoms with van der Waals surface area (Å²) in [4.78, 5) is 0. The molecule has 0 spiro atoms. The van der Waals surface area contributed by atoms with Gasteiger partial charge in [0.1, 0.15) is 5.58 Å². The fourth-order valence-corrected chi connectivity index (χ4v) is 0.998. The Kier molecular flexibility index (Phi) is 1.04.